The Morgan fingerprint density at radius 1 is 1.46 bits per heavy atom. The van der Waals surface area contributed by atoms with Gasteiger partial charge in [0.25, 0.3) is 5.66 Å². The monoisotopic (exact) mass is 211 g/mol. The van der Waals surface area contributed by atoms with Gasteiger partial charge in [-0.25, -0.2) is 8.78 Å². The first-order chi connectivity index (χ1) is 5.82. The van der Waals surface area contributed by atoms with Crippen LogP contribution < -0.4 is 16.8 Å². The third kappa shape index (κ3) is 2.56. The van der Waals surface area contributed by atoms with E-state index < -0.39 is 17.9 Å². The number of nitrogens with one attached hydrogen (secondary N) is 1. The molecule has 1 heterocycles. The van der Waals surface area contributed by atoms with Gasteiger partial charge in [0.05, 0.1) is 12.2 Å². The Bertz CT molecular complexity index is 173. The van der Waals surface area contributed by atoms with Crippen molar-refractivity contribution in [3.05, 3.63) is 0 Å². The number of nitrogens with two attached hydrogens (primary N) is 2. The average Bonchev–Trinajstić information content (AvgIpc) is 1.97. The van der Waals surface area contributed by atoms with Gasteiger partial charge >= 0.3 is 0 Å². The maximum absolute atomic E-state index is 12.9. The van der Waals surface area contributed by atoms with Gasteiger partial charge in [0.2, 0.25) is 0 Å². The molecular weight excluding hydrogens is 195 g/mol. The van der Waals surface area contributed by atoms with Crippen LogP contribution in [-0.4, -0.2) is 23.9 Å². The van der Waals surface area contributed by atoms with Crippen LogP contribution in [-0.2, 0) is 0 Å². The number of rotatable bonds is 1. The summed E-state index contributed by atoms with van der Waals surface area (Å²) in [5, 5.41) is 2.66. The van der Waals surface area contributed by atoms with Crippen molar-refractivity contribution < 1.29 is 8.78 Å². The molecule has 1 fully saturated rings. The molecule has 3 nitrogen and oxygen atoms in total. The van der Waals surface area contributed by atoms with Gasteiger partial charge in [-0.2, -0.15) is 0 Å². The molecule has 0 aromatic heterocycles. The summed E-state index contributed by atoms with van der Waals surface area (Å²) in [6.45, 7) is 1.86. The van der Waals surface area contributed by atoms with E-state index in [1.54, 1.807) is 0 Å². The molecule has 6 heteroatoms. The zero-order chi connectivity index (χ0) is 10.2. The molecule has 0 radical (unpaired) electrons. The van der Waals surface area contributed by atoms with E-state index in [4.69, 9.17) is 11.5 Å². The van der Waals surface area contributed by atoms with Crippen molar-refractivity contribution in [2.45, 2.75) is 37.3 Å². The highest BCUT2D eigenvalue weighted by Crippen LogP contribution is 2.32. The summed E-state index contributed by atoms with van der Waals surface area (Å²) in [6.07, 6.45) is -0.189. The Balaban J connectivity index is 2.64. The molecule has 5 unspecified atom stereocenters. The van der Waals surface area contributed by atoms with Gasteiger partial charge in [-0.05, 0) is 12.3 Å². The third-order valence-corrected chi connectivity index (χ3v) is 3.01. The van der Waals surface area contributed by atoms with Crippen LogP contribution in [0, 0.1) is 5.92 Å². The molecule has 13 heavy (non-hydrogen) atoms. The highest BCUT2D eigenvalue weighted by molar-refractivity contribution is 7.18. The number of hydrogen-bond donors (Lipinski definition) is 3. The van der Waals surface area contributed by atoms with Crippen molar-refractivity contribution in [1.29, 1.82) is 0 Å². The topological polar surface area (TPSA) is 64.1 Å². The summed E-state index contributed by atoms with van der Waals surface area (Å²) in [7, 11) is 1.52. The number of halogens is 2. The Morgan fingerprint density at radius 2 is 2.00 bits per heavy atom. The van der Waals surface area contributed by atoms with E-state index in [9.17, 15) is 8.78 Å². The Labute approximate surface area is 78.8 Å². The van der Waals surface area contributed by atoms with E-state index in [0.29, 0.717) is 0 Å². The number of alkyl halides is 2. The standard InChI is InChI=1S/C7H16F2N3P/c1-3-4(10)2-5(7(8,9)13)12-6(3)11/h3-6,12H,2,10-11,13H2,1H3. The Kier molecular flexibility index (Phi) is 3.23. The van der Waals surface area contributed by atoms with Crippen molar-refractivity contribution in [1.82, 2.24) is 5.32 Å². The van der Waals surface area contributed by atoms with Crippen LogP contribution in [0.2, 0.25) is 0 Å². The molecule has 0 amide bonds. The molecule has 1 aliphatic rings. The van der Waals surface area contributed by atoms with Crippen molar-refractivity contribution in [3.8, 4) is 0 Å². The largest absolute Gasteiger partial charge is 0.327 e. The molecule has 0 aliphatic carbocycles. The molecular formula is C7H16F2N3P. The van der Waals surface area contributed by atoms with Crippen LogP contribution in [0.15, 0.2) is 0 Å². The molecule has 0 spiro atoms. The first-order valence-corrected chi connectivity index (χ1v) is 4.84. The van der Waals surface area contributed by atoms with Crippen molar-refractivity contribution in [3.63, 3.8) is 0 Å². The first-order valence-electron chi connectivity index (χ1n) is 4.26. The number of piperidine rings is 1. The van der Waals surface area contributed by atoms with Gasteiger partial charge in [-0.15, -0.1) is 0 Å². The zero-order valence-electron chi connectivity index (χ0n) is 7.50. The molecule has 0 aromatic rings. The predicted octanol–water partition coefficient (Wildman–Crippen LogP) is 0.0644. The summed E-state index contributed by atoms with van der Waals surface area (Å²) in [6, 6.07) is -1.19. The van der Waals surface area contributed by atoms with E-state index in [1.165, 1.54) is 9.24 Å². The van der Waals surface area contributed by atoms with Crippen LogP contribution in [0.25, 0.3) is 0 Å². The van der Waals surface area contributed by atoms with E-state index in [0.717, 1.165) is 0 Å². The van der Waals surface area contributed by atoms with E-state index in [2.05, 4.69) is 5.32 Å². The fourth-order valence-electron chi connectivity index (χ4n) is 1.47. The lowest BCUT2D eigenvalue weighted by Gasteiger charge is -2.40. The van der Waals surface area contributed by atoms with Crippen LogP contribution >= 0.6 is 9.24 Å². The fourth-order valence-corrected chi connectivity index (χ4v) is 1.71. The van der Waals surface area contributed by atoms with Crippen molar-refractivity contribution in [2.24, 2.45) is 17.4 Å². The summed E-state index contributed by atoms with van der Waals surface area (Å²) < 4.78 is 25.7. The zero-order valence-corrected chi connectivity index (χ0v) is 8.66. The highest BCUT2D eigenvalue weighted by atomic mass is 31.0. The Morgan fingerprint density at radius 3 is 2.38 bits per heavy atom. The molecule has 78 valence electrons. The average molecular weight is 211 g/mol. The maximum Gasteiger partial charge on any atom is 0.273 e. The lowest BCUT2D eigenvalue weighted by molar-refractivity contribution is 0.0235. The van der Waals surface area contributed by atoms with E-state index in [-0.39, 0.29) is 18.4 Å². The molecule has 0 aromatic carbocycles. The minimum absolute atomic E-state index is 0.0311. The van der Waals surface area contributed by atoms with E-state index >= 15 is 0 Å². The quantitative estimate of drug-likeness (QED) is 0.537. The van der Waals surface area contributed by atoms with Crippen LogP contribution in [0.5, 0.6) is 0 Å². The molecule has 5 N–H and O–H groups in total. The number of hydrogen-bond acceptors (Lipinski definition) is 3. The third-order valence-electron chi connectivity index (χ3n) is 2.61. The van der Waals surface area contributed by atoms with Crippen molar-refractivity contribution >= 4 is 9.24 Å². The van der Waals surface area contributed by atoms with Crippen molar-refractivity contribution in [2.75, 3.05) is 0 Å². The van der Waals surface area contributed by atoms with Gasteiger partial charge in [0, 0.05) is 6.04 Å². The lowest BCUT2D eigenvalue weighted by Crippen LogP contribution is -2.62. The van der Waals surface area contributed by atoms with Crippen LogP contribution in [0.4, 0.5) is 8.78 Å². The van der Waals surface area contributed by atoms with Gasteiger partial charge < -0.3 is 11.5 Å². The Hall–Kier alpha value is 0.170. The first kappa shape index (κ1) is 11.2. The maximum atomic E-state index is 12.9. The summed E-state index contributed by atoms with van der Waals surface area (Å²) in [5.74, 6) is 0.0311. The lowest BCUT2D eigenvalue weighted by atomic mass is 9.89. The molecule has 1 rings (SSSR count). The molecule has 1 aliphatic heterocycles. The van der Waals surface area contributed by atoms with Gasteiger partial charge in [0.15, 0.2) is 0 Å². The minimum Gasteiger partial charge on any atom is -0.327 e. The second-order valence-corrected chi connectivity index (χ2v) is 4.45. The predicted molar refractivity (Wildman–Crippen MR) is 51.3 cm³/mol. The second-order valence-electron chi connectivity index (χ2n) is 3.68. The van der Waals surface area contributed by atoms with Gasteiger partial charge in [-0.3, -0.25) is 5.32 Å². The normalized spacial score (nSPS) is 42.0. The molecule has 1 saturated heterocycles. The van der Waals surface area contributed by atoms with E-state index in [1.807, 2.05) is 6.92 Å². The summed E-state index contributed by atoms with van der Waals surface area (Å²) in [4.78, 5) is 0. The smallest absolute Gasteiger partial charge is 0.273 e. The SMILES string of the molecule is CC1C(N)CC(C(F)(F)P)NC1N. The highest BCUT2D eigenvalue weighted by Gasteiger charge is 2.41. The fraction of sp³-hybridized carbons (Fsp3) is 1.00. The summed E-state index contributed by atoms with van der Waals surface area (Å²) in [5.41, 5.74) is 8.48. The summed E-state index contributed by atoms with van der Waals surface area (Å²) >= 11 is 0. The molecule has 5 atom stereocenters. The second kappa shape index (κ2) is 3.73. The van der Waals surface area contributed by atoms with Crippen LogP contribution in [0.3, 0.4) is 0 Å². The molecule has 0 bridgehead atoms. The van der Waals surface area contributed by atoms with Gasteiger partial charge in [0.1, 0.15) is 0 Å². The van der Waals surface area contributed by atoms with Gasteiger partial charge in [-0.1, -0.05) is 16.2 Å². The van der Waals surface area contributed by atoms with Crippen LogP contribution in [0.1, 0.15) is 13.3 Å². The minimum atomic E-state index is -2.84. The molecule has 0 saturated carbocycles.